The second kappa shape index (κ2) is 7.71. The van der Waals surface area contributed by atoms with Crippen LogP contribution < -0.4 is 5.32 Å². The summed E-state index contributed by atoms with van der Waals surface area (Å²) in [6.07, 6.45) is 0.0444. The molecule has 0 saturated carbocycles. The molecule has 9 heteroatoms. The van der Waals surface area contributed by atoms with Crippen molar-refractivity contribution in [1.82, 2.24) is 4.90 Å². The summed E-state index contributed by atoms with van der Waals surface area (Å²) in [6, 6.07) is 9.76. The lowest BCUT2D eigenvalue weighted by atomic mass is 10.1. The molecule has 1 fully saturated rings. The third kappa shape index (κ3) is 4.40. The van der Waals surface area contributed by atoms with Gasteiger partial charge in [0.25, 0.3) is 5.69 Å². The Hall–Kier alpha value is -3.00. The Morgan fingerprint density at radius 2 is 2.00 bits per heavy atom. The minimum absolute atomic E-state index is 0.0282. The molecule has 0 aliphatic carbocycles. The summed E-state index contributed by atoms with van der Waals surface area (Å²) in [7, 11) is 0. The van der Waals surface area contributed by atoms with Gasteiger partial charge in [0.15, 0.2) is 0 Å². The molecule has 1 aliphatic heterocycles. The van der Waals surface area contributed by atoms with Crippen LogP contribution in [0.5, 0.6) is 0 Å². The minimum Gasteiger partial charge on any atom is -0.338 e. The van der Waals surface area contributed by atoms with Gasteiger partial charge in [0.05, 0.1) is 10.8 Å². The Bertz CT molecular complexity index is 904. The number of amides is 2. The summed E-state index contributed by atoms with van der Waals surface area (Å²) in [6.45, 7) is 0.507. The van der Waals surface area contributed by atoms with E-state index in [4.69, 9.17) is 11.6 Å². The number of nitrogens with one attached hydrogen (secondary N) is 1. The summed E-state index contributed by atoms with van der Waals surface area (Å²) in [4.78, 5) is 36.4. The highest BCUT2D eigenvalue weighted by Gasteiger charge is 2.34. The molecule has 0 unspecified atom stereocenters. The standard InChI is InChI=1S/C18H15ClFN3O4/c19-15-6-5-14(8-16(15)23(26)27)21-18(25)12-7-17(24)22(10-12)9-11-1-3-13(20)4-2-11/h1-6,8,12H,7,9-10H2,(H,21,25)/t12-/m0/s1. The van der Waals surface area contributed by atoms with Gasteiger partial charge < -0.3 is 10.2 Å². The highest BCUT2D eigenvalue weighted by Crippen LogP contribution is 2.28. The molecule has 2 amide bonds. The third-order valence-electron chi connectivity index (χ3n) is 4.28. The highest BCUT2D eigenvalue weighted by atomic mass is 35.5. The number of nitrogens with zero attached hydrogens (tertiary/aromatic N) is 2. The molecule has 7 nitrogen and oxygen atoms in total. The van der Waals surface area contributed by atoms with Crippen molar-refractivity contribution in [2.45, 2.75) is 13.0 Å². The van der Waals surface area contributed by atoms with Gasteiger partial charge in [-0.05, 0) is 29.8 Å². The van der Waals surface area contributed by atoms with Crippen molar-refractivity contribution in [2.24, 2.45) is 5.92 Å². The van der Waals surface area contributed by atoms with Gasteiger partial charge in [-0.1, -0.05) is 23.7 Å². The van der Waals surface area contributed by atoms with Crippen LogP contribution in [0.1, 0.15) is 12.0 Å². The van der Waals surface area contributed by atoms with E-state index in [2.05, 4.69) is 5.32 Å². The molecule has 140 valence electrons. The fraction of sp³-hybridized carbons (Fsp3) is 0.222. The van der Waals surface area contributed by atoms with Gasteiger partial charge in [0.1, 0.15) is 10.8 Å². The van der Waals surface area contributed by atoms with Crippen molar-refractivity contribution in [3.8, 4) is 0 Å². The molecule has 27 heavy (non-hydrogen) atoms. The van der Waals surface area contributed by atoms with E-state index in [0.29, 0.717) is 0 Å². The lowest BCUT2D eigenvalue weighted by molar-refractivity contribution is -0.384. The second-order valence-corrected chi connectivity index (χ2v) is 6.62. The molecule has 1 aliphatic rings. The van der Waals surface area contributed by atoms with Gasteiger partial charge in [-0.2, -0.15) is 0 Å². The second-order valence-electron chi connectivity index (χ2n) is 6.21. The van der Waals surface area contributed by atoms with Crippen LogP contribution in [0.15, 0.2) is 42.5 Å². The zero-order chi connectivity index (χ0) is 19.6. The number of likely N-dealkylation sites (tertiary alicyclic amines) is 1. The number of nitro groups is 1. The first-order valence-electron chi connectivity index (χ1n) is 8.10. The number of benzene rings is 2. The molecule has 1 saturated heterocycles. The number of carbonyl (C=O) groups excluding carboxylic acids is 2. The van der Waals surface area contributed by atoms with Crippen LogP contribution in [0, 0.1) is 21.8 Å². The maximum Gasteiger partial charge on any atom is 0.289 e. The van der Waals surface area contributed by atoms with E-state index in [1.54, 1.807) is 12.1 Å². The average molecular weight is 392 g/mol. The van der Waals surface area contributed by atoms with Crippen LogP contribution >= 0.6 is 11.6 Å². The van der Waals surface area contributed by atoms with Crippen molar-refractivity contribution in [1.29, 1.82) is 0 Å². The molecule has 0 spiro atoms. The molecule has 2 aromatic carbocycles. The first kappa shape index (κ1) is 18.8. The largest absolute Gasteiger partial charge is 0.338 e. The van der Waals surface area contributed by atoms with E-state index in [1.807, 2.05) is 0 Å². The fourth-order valence-corrected chi connectivity index (χ4v) is 3.07. The zero-order valence-corrected chi connectivity index (χ0v) is 14.8. The molecular formula is C18H15ClFN3O4. The first-order chi connectivity index (χ1) is 12.8. The van der Waals surface area contributed by atoms with Gasteiger partial charge in [-0.15, -0.1) is 0 Å². The van der Waals surface area contributed by atoms with Crippen LogP contribution in [-0.2, 0) is 16.1 Å². The van der Waals surface area contributed by atoms with E-state index in [-0.39, 0.29) is 47.6 Å². The summed E-state index contributed by atoms with van der Waals surface area (Å²) in [5.74, 6) is -1.52. The van der Waals surface area contributed by atoms with E-state index >= 15 is 0 Å². The van der Waals surface area contributed by atoms with Crippen molar-refractivity contribution in [3.63, 3.8) is 0 Å². The Morgan fingerprint density at radius 1 is 1.30 bits per heavy atom. The summed E-state index contributed by atoms with van der Waals surface area (Å²) < 4.78 is 13.0. The third-order valence-corrected chi connectivity index (χ3v) is 4.60. The molecule has 2 aromatic rings. The van der Waals surface area contributed by atoms with Crippen LogP contribution in [0.3, 0.4) is 0 Å². The van der Waals surface area contributed by atoms with E-state index in [1.165, 1.54) is 35.2 Å². The van der Waals surface area contributed by atoms with Crippen molar-refractivity contribution in [3.05, 3.63) is 69.0 Å². The molecule has 1 atom stereocenters. The number of halogens is 2. The molecule has 1 heterocycles. The highest BCUT2D eigenvalue weighted by molar-refractivity contribution is 6.32. The Morgan fingerprint density at radius 3 is 2.67 bits per heavy atom. The molecule has 3 rings (SSSR count). The van der Waals surface area contributed by atoms with Gasteiger partial charge >= 0.3 is 0 Å². The normalized spacial score (nSPS) is 16.4. The maximum absolute atomic E-state index is 13.0. The van der Waals surface area contributed by atoms with Crippen molar-refractivity contribution >= 4 is 34.8 Å². The van der Waals surface area contributed by atoms with Gasteiger partial charge in [0, 0.05) is 31.3 Å². The Labute approximate surface area is 158 Å². The smallest absolute Gasteiger partial charge is 0.289 e. The summed E-state index contributed by atoms with van der Waals surface area (Å²) in [5, 5.41) is 13.5. The number of hydrogen-bond acceptors (Lipinski definition) is 4. The Balaban J connectivity index is 1.64. The molecule has 0 radical (unpaired) electrons. The lowest BCUT2D eigenvalue weighted by Gasteiger charge is -2.16. The van der Waals surface area contributed by atoms with Crippen LogP contribution in [0.2, 0.25) is 5.02 Å². The van der Waals surface area contributed by atoms with E-state index in [9.17, 15) is 24.1 Å². The monoisotopic (exact) mass is 391 g/mol. The minimum atomic E-state index is -0.637. The van der Waals surface area contributed by atoms with Gasteiger partial charge in [-0.25, -0.2) is 4.39 Å². The molecular weight excluding hydrogens is 377 g/mol. The van der Waals surface area contributed by atoms with Crippen molar-refractivity contribution < 1.29 is 18.9 Å². The summed E-state index contributed by atoms with van der Waals surface area (Å²) >= 11 is 5.75. The predicted molar refractivity (Wildman–Crippen MR) is 96.7 cm³/mol. The van der Waals surface area contributed by atoms with Gasteiger partial charge in [-0.3, -0.25) is 19.7 Å². The number of hydrogen-bond donors (Lipinski definition) is 1. The number of rotatable bonds is 5. The summed E-state index contributed by atoms with van der Waals surface area (Å²) in [5.41, 5.74) is 0.689. The number of anilines is 1. The fourth-order valence-electron chi connectivity index (χ4n) is 2.89. The average Bonchev–Trinajstić information content (AvgIpc) is 2.99. The quantitative estimate of drug-likeness (QED) is 0.624. The molecule has 1 N–H and O–H groups in total. The van der Waals surface area contributed by atoms with E-state index < -0.39 is 16.7 Å². The molecule has 0 bridgehead atoms. The van der Waals surface area contributed by atoms with E-state index in [0.717, 1.165) is 5.56 Å². The lowest BCUT2D eigenvalue weighted by Crippen LogP contribution is -2.28. The van der Waals surface area contributed by atoms with Crippen LogP contribution in [-0.4, -0.2) is 28.2 Å². The zero-order valence-electron chi connectivity index (χ0n) is 14.0. The van der Waals surface area contributed by atoms with Gasteiger partial charge in [0.2, 0.25) is 11.8 Å². The van der Waals surface area contributed by atoms with Crippen LogP contribution in [0.4, 0.5) is 15.8 Å². The first-order valence-corrected chi connectivity index (χ1v) is 8.48. The van der Waals surface area contributed by atoms with Crippen molar-refractivity contribution in [2.75, 3.05) is 11.9 Å². The maximum atomic E-state index is 13.0. The molecule has 0 aromatic heterocycles. The SMILES string of the molecule is O=C(Nc1ccc(Cl)c([N+](=O)[O-])c1)[C@H]1CC(=O)N(Cc2ccc(F)cc2)C1. The Kier molecular flexibility index (Phi) is 5.36. The number of carbonyl (C=O) groups is 2. The number of nitro benzene ring substituents is 1. The topological polar surface area (TPSA) is 92.5 Å². The predicted octanol–water partition coefficient (Wildman–Crippen LogP) is 3.37. The van der Waals surface area contributed by atoms with Crippen LogP contribution in [0.25, 0.3) is 0 Å².